The van der Waals surface area contributed by atoms with Crippen LogP contribution in [0.25, 0.3) is 11.0 Å². The first-order valence-corrected chi connectivity index (χ1v) is 5.37. The predicted octanol–water partition coefficient (Wildman–Crippen LogP) is 0.521. The maximum absolute atomic E-state index is 5.48. The highest BCUT2D eigenvalue weighted by molar-refractivity contribution is 5.78. The van der Waals surface area contributed by atoms with Crippen LogP contribution in [0.1, 0.15) is 11.4 Å². The van der Waals surface area contributed by atoms with Crippen LogP contribution in [0.4, 0.5) is 0 Å². The number of nitrogens with two attached hydrogens (primary N) is 1. The Balaban J connectivity index is 2.34. The predicted molar refractivity (Wildman–Crippen MR) is 64.0 cm³/mol. The zero-order valence-corrected chi connectivity index (χ0v) is 9.70. The van der Waals surface area contributed by atoms with Crippen molar-refractivity contribution in [1.29, 1.82) is 0 Å². The smallest absolute Gasteiger partial charge is 0.141 e. The molecule has 0 saturated carbocycles. The summed E-state index contributed by atoms with van der Waals surface area (Å²) in [4.78, 5) is 14.0. The molecule has 0 spiro atoms. The van der Waals surface area contributed by atoms with Crippen LogP contribution in [0.5, 0.6) is 0 Å². The zero-order valence-electron chi connectivity index (χ0n) is 9.70. The minimum atomic E-state index is 0.580. The highest BCUT2D eigenvalue weighted by atomic mass is 15.1. The molecule has 2 aromatic rings. The van der Waals surface area contributed by atoms with Crippen LogP contribution in [0.15, 0.2) is 12.4 Å². The molecule has 0 bridgehead atoms. The molecule has 0 aliphatic heterocycles. The van der Waals surface area contributed by atoms with Gasteiger partial charge in [-0.15, -0.1) is 0 Å². The molecule has 0 saturated heterocycles. The summed E-state index contributed by atoms with van der Waals surface area (Å²) >= 11 is 0. The Bertz CT molecular complexity index is 474. The van der Waals surface area contributed by atoms with Crippen LogP contribution in [0.3, 0.4) is 0 Å². The highest BCUT2D eigenvalue weighted by Crippen LogP contribution is 2.16. The first-order chi connectivity index (χ1) is 7.70. The molecule has 0 amide bonds. The highest BCUT2D eigenvalue weighted by Gasteiger charge is 2.07. The number of aromatic nitrogens is 3. The van der Waals surface area contributed by atoms with E-state index in [1.54, 1.807) is 0 Å². The number of nitrogens with zero attached hydrogens (tertiary/aromatic N) is 3. The number of fused-ring (bicyclic) bond motifs is 1. The Labute approximate surface area is 94.7 Å². The number of hydrogen-bond donors (Lipinski definition) is 2. The number of hydrogen-bond acceptors (Lipinski definition) is 4. The standard InChI is InChI=1S/C11H17N5/c1-16(2)7-8-5-14-11-9(8)6-13-10(15-11)3-4-12/h5-6H,3-4,7,12H2,1-2H3,(H,13,14,15). The van der Waals surface area contributed by atoms with Gasteiger partial charge < -0.3 is 15.6 Å². The van der Waals surface area contributed by atoms with Gasteiger partial charge in [-0.05, 0) is 26.2 Å². The van der Waals surface area contributed by atoms with Crippen molar-refractivity contribution < 1.29 is 0 Å². The summed E-state index contributed by atoms with van der Waals surface area (Å²) in [6.07, 6.45) is 4.59. The summed E-state index contributed by atoms with van der Waals surface area (Å²) in [5.41, 5.74) is 7.60. The lowest BCUT2D eigenvalue weighted by atomic mass is 10.2. The molecule has 0 aliphatic rings. The minimum Gasteiger partial charge on any atom is -0.346 e. The summed E-state index contributed by atoms with van der Waals surface area (Å²) in [7, 11) is 4.09. The van der Waals surface area contributed by atoms with Crippen molar-refractivity contribution in [2.24, 2.45) is 5.73 Å². The fourth-order valence-electron chi connectivity index (χ4n) is 1.72. The van der Waals surface area contributed by atoms with Gasteiger partial charge in [0, 0.05) is 30.7 Å². The van der Waals surface area contributed by atoms with Crippen molar-refractivity contribution in [3.05, 3.63) is 23.8 Å². The average molecular weight is 219 g/mol. The summed E-state index contributed by atoms with van der Waals surface area (Å²) < 4.78 is 0. The van der Waals surface area contributed by atoms with Gasteiger partial charge in [-0.25, -0.2) is 9.97 Å². The second-order valence-electron chi connectivity index (χ2n) is 4.14. The Morgan fingerprint density at radius 3 is 2.94 bits per heavy atom. The normalized spacial score (nSPS) is 11.5. The summed E-state index contributed by atoms with van der Waals surface area (Å²) in [6, 6.07) is 0. The van der Waals surface area contributed by atoms with E-state index >= 15 is 0 Å². The van der Waals surface area contributed by atoms with Crippen LogP contribution in [0, 0.1) is 0 Å². The minimum absolute atomic E-state index is 0.580. The first-order valence-electron chi connectivity index (χ1n) is 5.37. The summed E-state index contributed by atoms with van der Waals surface area (Å²) in [5.74, 6) is 0.799. The van der Waals surface area contributed by atoms with E-state index in [0.29, 0.717) is 6.54 Å². The molecule has 16 heavy (non-hydrogen) atoms. The third-order valence-corrected chi connectivity index (χ3v) is 2.42. The second-order valence-corrected chi connectivity index (χ2v) is 4.14. The van der Waals surface area contributed by atoms with Crippen molar-refractivity contribution in [3.8, 4) is 0 Å². The molecule has 86 valence electrons. The molecular formula is C11H17N5. The Morgan fingerprint density at radius 2 is 2.25 bits per heavy atom. The van der Waals surface area contributed by atoms with Gasteiger partial charge in [0.2, 0.25) is 0 Å². The quantitative estimate of drug-likeness (QED) is 0.786. The van der Waals surface area contributed by atoms with E-state index in [-0.39, 0.29) is 0 Å². The van der Waals surface area contributed by atoms with Gasteiger partial charge in [-0.3, -0.25) is 0 Å². The van der Waals surface area contributed by atoms with E-state index in [0.717, 1.165) is 29.8 Å². The maximum atomic E-state index is 5.48. The molecule has 2 rings (SSSR count). The van der Waals surface area contributed by atoms with Gasteiger partial charge in [0.15, 0.2) is 0 Å². The van der Waals surface area contributed by atoms with E-state index in [4.69, 9.17) is 5.73 Å². The third-order valence-electron chi connectivity index (χ3n) is 2.42. The molecule has 5 heteroatoms. The van der Waals surface area contributed by atoms with Gasteiger partial charge in [-0.1, -0.05) is 0 Å². The zero-order chi connectivity index (χ0) is 11.5. The third kappa shape index (κ3) is 2.20. The average Bonchev–Trinajstić information content (AvgIpc) is 2.61. The van der Waals surface area contributed by atoms with Crippen molar-refractivity contribution in [1.82, 2.24) is 19.9 Å². The van der Waals surface area contributed by atoms with Gasteiger partial charge in [0.1, 0.15) is 11.5 Å². The molecule has 0 unspecified atom stereocenters. The number of aromatic amines is 1. The van der Waals surface area contributed by atoms with Crippen LogP contribution in [-0.4, -0.2) is 40.5 Å². The van der Waals surface area contributed by atoms with Crippen molar-refractivity contribution in [2.45, 2.75) is 13.0 Å². The monoisotopic (exact) mass is 219 g/mol. The van der Waals surface area contributed by atoms with Crippen molar-refractivity contribution in [3.63, 3.8) is 0 Å². The molecule has 0 atom stereocenters. The fraction of sp³-hybridized carbons (Fsp3) is 0.455. The van der Waals surface area contributed by atoms with Crippen LogP contribution in [-0.2, 0) is 13.0 Å². The molecular weight excluding hydrogens is 202 g/mol. The van der Waals surface area contributed by atoms with Crippen molar-refractivity contribution >= 4 is 11.0 Å². The molecule has 3 N–H and O–H groups in total. The lowest BCUT2D eigenvalue weighted by molar-refractivity contribution is 0.404. The SMILES string of the molecule is CN(C)Cc1c[nH]c2nc(CCN)ncc12. The lowest BCUT2D eigenvalue weighted by Gasteiger charge is -2.07. The molecule has 0 fully saturated rings. The van der Waals surface area contributed by atoms with Gasteiger partial charge in [0.05, 0.1) is 0 Å². The number of nitrogens with one attached hydrogen (secondary N) is 1. The van der Waals surface area contributed by atoms with E-state index in [2.05, 4.69) is 19.9 Å². The van der Waals surface area contributed by atoms with Crippen LogP contribution < -0.4 is 5.73 Å². The van der Waals surface area contributed by atoms with E-state index in [9.17, 15) is 0 Å². The Hall–Kier alpha value is -1.46. The summed E-state index contributed by atoms with van der Waals surface area (Å²) in [6.45, 7) is 1.47. The van der Waals surface area contributed by atoms with Crippen LogP contribution in [0.2, 0.25) is 0 Å². The molecule has 0 aromatic carbocycles. The number of H-pyrrole nitrogens is 1. The molecule has 2 aromatic heterocycles. The Kier molecular flexibility index (Phi) is 3.17. The molecule has 2 heterocycles. The summed E-state index contributed by atoms with van der Waals surface area (Å²) in [5, 5.41) is 1.09. The van der Waals surface area contributed by atoms with Gasteiger partial charge in [-0.2, -0.15) is 0 Å². The second kappa shape index (κ2) is 4.59. The van der Waals surface area contributed by atoms with Gasteiger partial charge in [0.25, 0.3) is 0 Å². The Morgan fingerprint density at radius 1 is 1.44 bits per heavy atom. The molecule has 5 nitrogen and oxygen atoms in total. The first kappa shape index (κ1) is 11.0. The maximum Gasteiger partial charge on any atom is 0.141 e. The van der Waals surface area contributed by atoms with Gasteiger partial charge >= 0.3 is 0 Å². The molecule has 0 radical (unpaired) electrons. The number of rotatable bonds is 4. The van der Waals surface area contributed by atoms with Crippen molar-refractivity contribution in [2.75, 3.05) is 20.6 Å². The van der Waals surface area contributed by atoms with E-state index in [1.165, 1.54) is 5.56 Å². The molecule has 0 aliphatic carbocycles. The van der Waals surface area contributed by atoms with Crippen LogP contribution >= 0.6 is 0 Å². The van der Waals surface area contributed by atoms with E-state index < -0.39 is 0 Å². The topological polar surface area (TPSA) is 70.8 Å². The van der Waals surface area contributed by atoms with E-state index in [1.807, 2.05) is 26.5 Å². The largest absolute Gasteiger partial charge is 0.346 e. The lowest BCUT2D eigenvalue weighted by Crippen LogP contribution is -2.10. The fourth-order valence-corrected chi connectivity index (χ4v) is 1.72.